The Hall–Kier alpha value is 2.97. The van der Waals surface area contributed by atoms with Gasteiger partial charge in [-0.3, -0.25) is 10.5 Å². The SMILES string of the molecule is OO.[BaH2].[SrH2]. The van der Waals surface area contributed by atoms with E-state index >= 15 is 0 Å². The molecule has 0 aliphatic carbocycles. The van der Waals surface area contributed by atoms with E-state index in [1.165, 1.54) is 0 Å². The second-order valence-corrected chi connectivity index (χ2v) is 0. The van der Waals surface area contributed by atoms with Crippen molar-refractivity contribution in [1.82, 2.24) is 0 Å². The van der Waals surface area contributed by atoms with E-state index in [0.717, 1.165) is 0 Å². The van der Waals surface area contributed by atoms with E-state index in [9.17, 15) is 0 Å². The van der Waals surface area contributed by atoms with Gasteiger partial charge in [-0.25, -0.2) is 0 Å². The maximum absolute atomic E-state index is 6.00. The van der Waals surface area contributed by atoms with E-state index in [4.69, 9.17) is 10.5 Å². The zero-order valence-electron chi connectivity index (χ0n) is 0.894. The molecule has 0 aromatic carbocycles. The molecule has 0 saturated heterocycles. The van der Waals surface area contributed by atoms with Gasteiger partial charge in [0.15, 0.2) is 0 Å². The Kier molecular flexibility index (Phi) is 65.9. The molecule has 0 unspecified atom stereocenters. The van der Waals surface area contributed by atoms with Crippen molar-refractivity contribution in [3.05, 3.63) is 0 Å². The zero-order valence-corrected chi connectivity index (χ0v) is 0.894. The first-order valence-electron chi connectivity index (χ1n) is 0.200. The molecule has 0 aliphatic heterocycles. The second-order valence-electron chi connectivity index (χ2n) is 0. The second kappa shape index (κ2) is 16.7. The molecule has 0 saturated carbocycles. The summed E-state index contributed by atoms with van der Waals surface area (Å²) < 4.78 is 0. The molecule has 0 amide bonds. The summed E-state index contributed by atoms with van der Waals surface area (Å²) in [4.78, 5) is 0. The van der Waals surface area contributed by atoms with Crippen molar-refractivity contribution >= 4 is 94.4 Å². The quantitative estimate of drug-likeness (QED) is 0.307. The molecule has 0 aromatic rings. The molecule has 22 valence electrons. The van der Waals surface area contributed by atoms with Crippen LogP contribution in [0.5, 0.6) is 0 Å². The van der Waals surface area contributed by atoms with Crippen LogP contribution in [0.2, 0.25) is 0 Å². The maximum atomic E-state index is 6.00. The minimum atomic E-state index is 0. The van der Waals surface area contributed by atoms with Gasteiger partial charge in [0.1, 0.15) is 0 Å². The molecular formula is H6BaO2Sr. The van der Waals surface area contributed by atoms with Crippen molar-refractivity contribution in [2.24, 2.45) is 0 Å². The van der Waals surface area contributed by atoms with E-state index in [0.29, 0.717) is 0 Å². The Morgan fingerprint density at radius 1 is 1.00 bits per heavy atom. The molecule has 4 heavy (non-hydrogen) atoms. The average molecular weight is 263 g/mol. The van der Waals surface area contributed by atoms with Crippen LogP contribution < -0.4 is 0 Å². The van der Waals surface area contributed by atoms with Crippen molar-refractivity contribution in [2.75, 3.05) is 0 Å². The molecule has 4 heteroatoms. The third-order valence-corrected chi connectivity index (χ3v) is 0. The van der Waals surface area contributed by atoms with E-state index in [-0.39, 0.29) is 94.4 Å². The van der Waals surface area contributed by atoms with Gasteiger partial charge in [0.2, 0.25) is 0 Å². The first kappa shape index (κ1) is 15.8. The summed E-state index contributed by atoms with van der Waals surface area (Å²) >= 11 is 0. The zero-order chi connectivity index (χ0) is 2.00. The molecule has 0 rings (SSSR count). The molecule has 0 aliphatic rings. The predicted octanol–water partition coefficient (Wildman–Crippen LogP) is -1.82. The Morgan fingerprint density at radius 3 is 1.00 bits per heavy atom. The van der Waals surface area contributed by atoms with Crippen LogP contribution in [0.25, 0.3) is 0 Å². The standard InChI is InChI=1S/Ba.H2O2.Sr.4H/c;1-2;;;;;/h;1-2H;;;;;. The monoisotopic (exact) mass is 264 g/mol. The first-order valence-corrected chi connectivity index (χ1v) is 0.200. The summed E-state index contributed by atoms with van der Waals surface area (Å²) in [6, 6.07) is 0. The fraction of sp³-hybridized carbons (Fsp3) is 0. The van der Waals surface area contributed by atoms with Crippen LogP contribution in [0, 0.1) is 0 Å². The van der Waals surface area contributed by atoms with Crippen LogP contribution in [-0.2, 0) is 0 Å². The van der Waals surface area contributed by atoms with Crippen molar-refractivity contribution < 1.29 is 10.5 Å². The molecule has 2 nitrogen and oxygen atoms in total. The molecule has 0 bridgehead atoms. The van der Waals surface area contributed by atoms with E-state index in [1.54, 1.807) is 0 Å². The minimum absolute atomic E-state index is 0. The van der Waals surface area contributed by atoms with Crippen molar-refractivity contribution in [1.29, 1.82) is 0 Å². The summed E-state index contributed by atoms with van der Waals surface area (Å²) in [5, 5.41) is 12.0. The summed E-state index contributed by atoms with van der Waals surface area (Å²) in [5.41, 5.74) is 0. The molecular weight excluding hydrogens is 257 g/mol. The van der Waals surface area contributed by atoms with Crippen molar-refractivity contribution in [3.63, 3.8) is 0 Å². The fourth-order valence-corrected chi connectivity index (χ4v) is 0. The van der Waals surface area contributed by atoms with Gasteiger partial charge in [-0.1, -0.05) is 0 Å². The van der Waals surface area contributed by atoms with E-state index in [2.05, 4.69) is 0 Å². The van der Waals surface area contributed by atoms with Gasteiger partial charge in [0.05, 0.1) is 0 Å². The van der Waals surface area contributed by atoms with Gasteiger partial charge in [0, 0.05) is 0 Å². The summed E-state index contributed by atoms with van der Waals surface area (Å²) in [7, 11) is 0. The van der Waals surface area contributed by atoms with E-state index < -0.39 is 0 Å². The Morgan fingerprint density at radius 2 is 1.00 bits per heavy atom. The molecule has 2 N–H and O–H groups in total. The Labute approximate surface area is 102 Å². The van der Waals surface area contributed by atoms with Crippen LogP contribution in [0.3, 0.4) is 0 Å². The van der Waals surface area contributed by atoms with Gasteiger partial charge in [-0.15, -0.1) is 0 Å². The normalized spacial score (nSPS) is 1.50. The molecule has 0 heterocycles. The average Bonchev–Trinajstić information content (AvgIpc) is 1.00. The molecule has 0 radical (unpaired) electrons. The molecule has 0 spiro atoms. The molecule has 0 atom stereocenters. The number of rotatable bonds is 0. The van der Waals surface area contributed by atoms with Gasteiger partial charge in [-0.05, 0) is 0 Å². The van der Waals surface area contributed by atoms with Crippen molar-refractivity contribution in [2.45, 2.75) is 0 Å². The van der Waals surface area contributed by atoms with Crippen LogP contribution in [-0.4, -0.2) is 105 Å². The van der Waals surface area contributed by atoms with Gasteiger partial charge < -0.3 is 0 Å². The summed E-state index contributed by atoms with van der Waals surface area (Å²) in [6.07, 6.45) is 0. The topological polar surface area (TPSA) is 40.5 Å². The van der Waals surface area contributed by atoms with Gasteiger partial charge in [-0.2, -0.15) is 0 Å². The first-order chi connectivity index (χ1) is 1.00. The third-order valence-electron chi connectivity index (χ3n) is 0. The van der Waals surface area contributed by atoms with Gasteiger partial charge >= 0.3 is 94.4 Å². The Bertz CT molecular complexity index is 6.00. The van der Waals surface area contributed by atoms with Crippen LogP contribution in [0.1, 0.15) is 0 Å². The third kappa shape index (κ3) is 8.88. The van der Waals surface area contributed by atoms with Crippen molar-refractivity contribution in [3.8, 4) is 0 Å². The van der Waals surface area contributed by atoms with Crippen LogP contribution in [0.15, 0.2) is 0 Å². The van der Waals surface area contributed by atoms with Crippen LogP contribution >= 0.6 is 0 Å². The van der Waals surface area contributed by atoms with Gasteiger partial charge in [0.25, 0.3) is 0 Å². The van der Waals surface area contributed by atoms with E-state index in [1.807, 2.05) is 0 Å². The molecule has 0 aromatic heterocycles. The predicted molar refractivity (Wildman–Crippen MR) is 22.3 cm³/mol. The number of hydrogen-bond acceptors (Lipinski definition) is 2. The summed E-state index contributed by atoms with van der Waals surface area (Å²) in [5.74, 6) is 0. The summed E-state index contributed by atoms with van der Waals surface area (Å²) in [6.45, 7) is 0. The Balaban J connectivity index is -0.00000000500. The molecule has 0 fully saturated rings. The van der Waals surface area contributed by atoms with Crippen LogP contribution in [0.4, 0.5) is 0 Å². The fourth-order valence-electron chi connectivity index (χ4n) is 0. The number of hydrogen-bond donors (Lipinski definition) is 2.